The second kappa shape index (κ2) is 7.96. The van der Waals surface area contributed by atoms with Crippen molar-refractivity contribution in [3.63, 3.8) is 0 Å². The third kappa shape index (κ3) is 4.65. The number of ether oxygens (including phenoxy) is 1. The van der Waals surface area contributed by atoms with Gasteiger partial charge in [-0.1, -0.05) is 56.3 Å². The molecule has 0 saturated heterocycles. The maximum absolute atomic E-state index is 12.9. The van der Waals surface area contributed by atoms with E-state index in [9.17, 15) is 8.42 Å². The zero-order valence-electron chi connectivity index (χ0n) is 17.1. The lowest BCUT2D eigenvalue weighted by Crippen LogP contribution is -2.26. The maximum Gasteiger partial charge on any atom is 0.241 e. The second-order valence-corrected chi connectivity index (χ2v) is 9.50. The van der Waals surface area contributed by atoms with E-state index < -0.39 is 10.0 Å². The van der Waals surface area contributed by atoms with Gasteiger partial charge < -0.3 is 9.26 Å². The lowest BCUT2D eigenvalue weighted by atomic mass is 9.97. The molecule has 0 radical (unpaired) electrons. The summed E-state index contributed by atoms with van der Waals surface area (Å²) in [5, 5.41) is 4.01. The topological polar surface area (TPSA) is 94.3 Å². The van der Waals surface area contributed by atoms with Gasteiger partial charge >= 0.3 is 0 Å². The molecule has 2 aromatic carbocycles. The fraction of sp³-hybridized carbons (Fsp3) is 0.333. The molecule has 1 aromatic heterocycles. The zero-order valence-corrected chi connectivity index (χ0v) is 17.9. The minimum Gasteiger partial charge on any atom is -0.496 e. The van der Waals surface area contributed by atoms with Gasteiger partial charge in [0.2, 0.25) is 21.7 Å². The van der Waals surface area contributed by atoms with Gasteiger partial charge in [-0.25, -0.2) is 13.1 Å². The van der Waals surface area contributed by atoms with Crippen molar-refractivity contribution >= 4 is 10.0 Å². The fourth-order valence-electron chi connectivity index (χ4n) is 2.78. The highest BCUT2D eigenvalue weighted by atomic mass is 32.2. The number of nitrogens with one attached hydrogen (secondary N) is 1. The van der Waals surface area contributed by atoms with Crippen LogP contribution in [0.4, 0.5) is 0 Å². The van der Waals surface area contributed by atoms with E-state index in [1.807, 2.05) is 51.1 Å². The lowest BCUT2D eigenvalue weighted by Gasteiger charge is -2.15. The Labute approximate surface area is 171 Å². The van der Waals surface area contributed by atoms with Gasteiger partial charge in [0, 0.05) is 11.5 Å². The molecule has 0 aliphatic rings. The van der Waals surface area contributed by atoms with Gasteiger partial charge in [-0.15, -0.1) is 0 Å². The highest BCUT2D eigenvalue weighted by Gasteiger charge is 2.25. The molecule has 1 N–H and O–H groups in total. The molecule has 1 heterocycles. The van der Waals surface area contributed by atoms with Gasteiger partial charge in [0.1, 0.15) is 5.75 Å². The lowest BCUT2D eigenvalue weighted by molar-refractivity contribution is 0.321. The van der Waals surface area contributed by atoms with Crippen LogP contribution >= 0.6 is 0 Å². The van der Waals surface area contributed by atoms with Crippen LogP contribution in [-0.2, 0) is 15.4 Å². The molecular formula is C21H25N3O4S. The summed E-state index contributed by atoms with van der Waals surface area (Å²) < 4.78 is 39.3. The van der Waals surface area contributed by atoms with E-state index in [1.54, 1.807) is 13.0 Å². The van der Waals surface area contributed by atoms with E-state index in [0.29, 0.717) is 17.2 Å². The van der Waals surface area contributed by atoms with Gasteiger partial charge in [0.05, 0.1) is 17.6 Å². The minimum atomic E-state index is -3.78. The first-order chi connectivity index (χ1) is 13.6. The van der Waals surface area contributed by atoms with Gasteiger partial charge in [-0.3, -0.25) is 0 Å². The van der Waals surface area contributed by atoms with Crippen LogP contribution in [0.15, 0.2) is 57.9 Å². The molecule has 0 aliphatic heterocycles. The number of hydrogen-bond acceptors (Lipinski definition) is 6. The number of nitrogens with zero attached hydrogens (tertiary/aromatic N) is 2. The molecule has 154 valence electrons. The Morgan fingerprint density at radius 1 is 1.10 bits per heavy atom. The van der Waals surface area contributed by atoms with E-state index in [0.717, 1.165) is 5.56 Å². The van der Waals surface area contributed by atoms with Crippen molar-refractivity contribution in [1.82, 2.24) is 14.9 Å². The van der Waals surface area contributed by atoms with Crippen LogP contribution in [0, 0.1) is 0 Å². The number of hydrogen-bond donors (Lipinski definition) is 1. The van der Waals surface area contributed by atoms with Crippen LogP contribution in [0.25, 0.3) is 11.4 Å². The number of methoxy groups -OCH3 is 1. The third-order valence-electron chi connectivity index (χ3n) is 4.42. The average Bonchev–Trinajstić information content (AvgIpc) is 3.18. The molecule has 0 fully saturated rings. The van der Waals surface area contributed by atoms with Crippen molar-refractivity contribution < 1.29 is 17.7 Å². The molecule has 29 heavy (non-hydrogen) atoms. The molecule has 8 heteroatoms. The van der Waals surface area contributed by atoms with Crippen molar-refractivity contribution in [2.75, 3.05) is 7.11 Å². The Morgan fingerprint density at radius 2 is 1.79 bits per heavy atom. The molecule has 3 rings (SSSR count). The standard InChI is InChI=1S/C21H25N3O4S/c1-14(15-9-7-6-8-10-15)24-29(25,26)16-11-12-18(27-5)17(13-16)19-22-20(28-23-19)21(2,3)4/h6-14,24H,1-5H3/t14-/m1/s1. The fourth-order valence-corrected chi connectivity index (χ4v) is 4.03. The third-order valence-corrected chi connectivity index (χ3v) is 5.96. The number of sulfonamides is 1. The molecule has 3 aromatic rings. The predicted octanol–water partition coefficient (Wildman–Crippen LogP) is 4.08. The molecule has 0 aliphatic carbocycles. The Hall–Kier alpha value is -2.71. The first-order valence-electron chi connectivity index (χ1n) is 9.21. The second-order valence-electron chi connectivity index (χ2n) is 7.79. The van der Waals surface area contributed by atoms with Crippen molar-refractivity contribution in [3.05, 3.63) is 60.0 Å². The summed E-state index contributed by atoms with van der Waals surface area (Å²) in [6, 6.07) is 13.6. The largest absolute Gasteiger partial charge is 0.496 e. The summed E-state index contributed by atoms with van der Waals surface area (Å²) in [7, 11) is -2.27. The van der Waals surface area contributed by atoms with Crippen LogP contribution in [0.5, 0.6) is 5.75 Å². The van der Waals surface area contributed by atoms with E-state index in [-0.39, 0.29) is 22.2 Å². The van der Waals surface area contributed by atoms with Crippen LogP contribution in [-0.4, -0.2) is 25.7 Å². The van der Waals surface area contributed by atoms with Crippen LogP contribution < -0.4 is 9.46 Å². The Morgan fingerprint density at radius 3 is 2.38 bits per heavy atom. The minimum absolute atomic E-state index is 0.0955. The van der Waals surface area contributed by atoms with Gasteiger partial charge in [0.25, 0.3) is 0 Å². The van der Waals surface area contributed by atoms with E-state index >= 15 is 0 Å². The zero-order chi connectivity index (χ0) is 21.2. The van der Waals surface area contributed by atoms with Crippen LogP contribution in [0.2, 0.25) is 0 Å². The maximum atomic E-state index is 12.9. The highest BCUT2D eigenvalue weighted by molar-refractivity contribution is 7.89. The number of rotatable bonds is 6. The van der Waals surface area contributed by atoms with Crippen molar-refractivity contribution in [3.8, 4) is 17.1 Å². The average molecular weight is 416 g/mol. The Bertz CT molecular complexity index is 1090. The van der Waals surface area contributed by atoms with Crippen molar-refractivity contribution in [2.45, 2.75) is 44.0 Å². The summed E-state index contributed by atoms with van der Waals surface area (Å²) in [6.07, 6.45) is 0. The van der Waals surface area contributed by atoms with Crippen molar-refractivity contribution in [1.29, 1.82) is 0 Å². The number of benzene rings is 2. The summed E-state index contributed by atoms with van der Waals surface area (Å²) in [6.45, 7) is 7.66. The quantitative estimate of drug-likeness (QED) is 0.652. The van der Waals surface area contributed by atoms with Crippen LogP contribution in [0.3, 0.4) is 0 Å². The van der Waals surface area contributed by atoms with E-state index in [2.05, 4.69) is 14.9 Å². The molecule has 0 spiro atoms. The molecule has 0 amide bonds. The smallest absolute Gasteiger partial charge is 0.241 e. The summed E-state index contributed by atoms with van der Waals surface area (Å²) in [5.74, 6) is 1.19. The normalized spacial score (nSPS) is 13.3. The molecule has 0 bridgehead atoms. The molecule has 1 atom stereocenters. The van der Waals surface area contributed by atoms with E-state index in [4.69, 9.17) is 9.26 Å². The highest BCUT2D eigenvalue weighted by Crippen LogP contribution is 2.32. The summed E-state index contributed by atoms with van der Waals surface area (Å²) >= 11 is 0. The first-order valence-corrected chi connectivity index (χ1v) is 10.7. The Balaban J connectivity index is 1.96. The van der Waals surface area contributed by atoms with Crippen molar-refractivity contribution in [2.24, 2.45) is 0 Å². The van der Waals surface area contributed by atoms with E-state index in [1.165, 1.54) is 19.2 Å². The van der Waals surface area contributed by atoms with Gasteiger partial charge in [-0.2, -0.15) is 4.98 Å². The van der Waals surface area contributed by atoms with Crippen LogP contribution in [0.1, 0.15) is 45.2 Å². The molecule has 0 saturated carbocycles. The number of aromatic nitrogens is 2. The molecule has 7 nitrogen and oxygen atoms in total. The Kier molecular flexibility index (Phi) is 5.77. The summed E-state index contributed by atoms with van der Waals surface area (Å²) in [5.41, 5.74) is 0.995. The SMILES string of the molecule is COc1ccc(S(=O)(=O)N[C@H](C)c2ccccc2)cc1-c1noc(C(C)(C)C)n1. The molecule has 0 unspecified atom stereocenters. The molecular weight excluding hydrogens is 390 g/mol. The van der Waals surface area contributed by atoms with Gasteiger partial charge in [-0.05, 0) is 30.7 Å². The first kappa shape index (κ1) is 21.0. The van der Waals surface area contributed by atoms with Gasteiger partial charge in [0.15, 0.2) is 0 Å². The predicted molar refractivity (Wildman–Crippen MR) is 110 cm³/mol. The summed E-state index contributed by atoms with van der Waals surface area (Å²) in [4.78, 5) is 4.51. The monoisotopic (exact) mass is 415 g/mol.